The van der Waals surface area contributed by atoms with Gasteiger partial charge >= 0.3 is 6.09 Å². The van der Waals surface area contributed by atoms with Crippen molar-refractivity contribution in [3.63, 3.8) is 0 Å². The Hall–Kier alpha value is -2.49. The van der Waals surface area contributed by atoms with Crippen molar-refractivity contribution in [3.8, 4) is 22.6 Å². The van der Waals surface area contributed by atoms with Gasteiger partial charge in [0.05, 0.1) is 0 Å². The van der Waals surface area contributed by atoms with Crippen molar-refractivity contribution < 1.29 is 14.6 Å². The van der Waals surface area contributed by atoms with Crippen LogP contribution in [0.5, 0.6) is 11.5 Å². The molecule has 4 nitrogen and oxygen atoms in total. The van der Waals surface area contributed by atoms with Gasteiger partial charge in [-0.15, -0.1) is 0 Å². The fourth-order valence-corrected chi connectivity index (χ4v) is 1.60. The number of aromatic hydroxyl groups is 1. The molecule has 0 aliphatic rings. The lowest BCUT2D eigenvalue weighted by atomic mass is 10.0. The molecule has 18 heavy (non-hydrogen) atoms. The van der Waals surface area contributed by atoms with Gasteiger partial charge in [-0.2, -0.15) is 0 Å². The normalized spacial score (nSPS) is 9.83. The number of amides is 1. The summed E-state index contributed by atoms with van der Waals surface area (Å²) < 4.78 is 5.03. The fraction of sp³-hybridized carbons (Fsp3) is 0.0714. The number of hydrogen-bond donors (Lipinski definition) is 2. The lowest BCUT2D eigenvalue weighted by molar-refractivity contribution is 0.203. The van der Waals surface area contributed by atoms with Crippen molar-refractivity contribution in [2.45, 2.75) is 0 Å². The van der Waals surface area contributed by atoms with Gasteiger partial charge in [0.15, 0.2) is 0 Å². The SMILES string of the molecule is CNC(=O)Oc1cccc(-c2ccccc2O)c1. The molecule has 2 rings (SSSR count). The number of phenolic OH excluding ortho intramolecular Hbond substituents is 1. The smallest absolute Gasteiger partial charge is 0.412 e. The van der Waals surface area contributed by atoms with Crippen LogP contribution in [-0.4, -0.2) is 18.2 Å². The molecule has 0 aromatic heterocycles. The van der Waals surface area contributed by atoms with Gasteiger partial charge < -0.3 is 15.2 Å². The fourth-order valence-electron chi connectivity index (χ4n) is 1.60. The van der Waals surface area contributed by atoms with Gasteiger partial charge in [-0.1, -0.05) is 30.3 Å². The van der Waals surface area contributed by atoms with E-state index in [1.807, 2.05) is 12.1 Å². The number of para-hydroxylation sites is 1. The van der Waals surface area contributed by atoms with E-state index in [0.29, 0.717) is 11.3 Å². The van der Waals surface area contributed by atoms with E-state index < -0.39 is 6.09 Å². The number of ether oxygens (including phenoxy) is 1. The molecule has 0 aliphatic carbocycles. The zero-order valence-electron chi connectivity index (χ0n) is 9.88. The highest BCUT2D eigenvalue weighted by Crippen LogP contribution is 2.30. The van der Waals surface area contributed by atoms with E-state index in [9.17, 15) is 9.90 Å². The summed E-state index contributed by atoms with van der Waals surface area (Å²) in [5.74, 6) is 0.615. The maximum atomic E-state index is 11.1. The van der Waals surface area contributed by atoms with Gasteiger partial charge in [0, 0.05) is 12.6 Å². The molecule has 0 fully saturated rings. The number of phenols is 1. The van der Waals surface area contributed by atoms with Crippen molar-refractivity contribution >= 4 is 6.09 Å². The van der Waals surface area contributed by atoms with E-state index in [1.165, 1.54) is 7.05 Å². The van der Waals surface area contributed by atoms with Gasteiger partial charge in [-0.25, -0.2) is 4.79 Å². The van der Waals surface area contributed by atoms with Crippen LogP contribution in [-0.2, 0) is 0 Å². The number of rotatable bonds is 2. The van der Waals surface area contributed by atoms with E-state index in [1.54, 1.807) is 36.4 Å². The topological polar surface area (TPSA) is 58.6 Å². The van der Waals surface area contributed by atoms with Crippen LogP contribution >= 0.6 is 0 Å². The molecular weight excluding hydrogens is 230 g/mol. The maximum Gasteiger partial charge on any atom is 0.412 e. The third-order valence-corrected chi connectivity index (χ3v) is 2.46. The minimum atomic E-state index is -0.524. The molecule has 0 saturated heterocycles. The summed E-state index contributed by atoms with van der Waals surface area (Å²) in [5.41, 5.74) is 1.48. The van der Waals surface area contributed by atoms with Gasteiger partial charge in [-0.3, -0.25) is 0 Å². The van der Waals surface area contributed by atoms with Crippen LogP contribution in [0.2, 0.25) is 0 Å². The molecule has 0 bridgehead atoms. The number of carbonyl (C=O) groups excluding carboxylic acids is 1. The first-order chi connectivity index (χ1) is 8.70. The molecule has 2 aromatic rings. The summed E-state index contributed by atoms with van der Waals surface area (Å²) in [6, 6.07) is 14.0. The average molecular weight is 243 g/mol. The Morgan fingerprint density at radius 3 is 2.67 bits per heavy atom. The van der Waals surface area contributed by atoms with Crippen LogP contribution in [0.3, 0.4) is 0 Å². The minimum Gasteiger partial charge on any atom is -0.507 e. The van der Waals surface area contributed by atoms with Crippen LogP contribution < -0.4 is 10.1 Å². The monoisotopic (exact) mass is 243 g/mol. The number of benzene rings is 2. The second-order valence-corrected chi connectivity index (χ2v) is 3.68. The van der Waals surface area contributed by atoms with E-state index in [4.69, 9.17) is 4.74 Å². The zero-order valence-corrected chi connectivity index (χ0v) is 9.88. The highest BCUT2D eigenvalue weighted by molar-refractivity contribution is 5.73. The molecule has 0 spiro atoms. The summed E-state index contributed by atoms with van der Waals surface area (Å²) in [6.07, 6.45) is -0.524. The Labute approximate surface area is 105 Å². The first-order valence-corrected chi connectivity index (χ1v) is 5.48. The predicted octanol–water partition coefficient (Wildman–Crippen LogP) is 2.78. The molecule has 2 aromatic carbocycles. The van der Waals surface area contributed by atoms with Crippen LogP contribution in [0, 0.1) is 0 Å². The standard InChI is InChI=1S/C14H13NO3/c1-15-14(17)18-11-6-4-5-10(9-11)12-7-2-3-8-13(12)16/h2-9,16H,1H3,(H,15,17). The molecule has 0 saturated carbocycles. The second kappa shape index (κ2) is 5.23. The molecule has 4 heteroatoms. The summed E-state index contributed by atoms with van der Waals surface area (Å²) in [6.45, 7) is 0. The third kappa shape index (κ3) is 2.60. The number of carbonyl (C=O) groups is 1. The second-order valence-electron chi connectivity index (χ2n) is 3.68. The van der Waals surface area contributed by atoms with Crippen molar-refractivity contribution in [2.24, 2.45) is 0 Å². The maximum absolute atomic E-state index is 11.1. The van der Waals surface area contributed by atoms with Crippen LogP contribution in [0.15, 0.2) is 48.5 Å². The highest BCUT2D eigenvalue weighted by atomic mass is 16.5. The van der Waals surface area contributed by atoms with E-state index in [0.717, 1.165) is 5.56 Å². The summed E-state index contributed by atoms with van der Waals surface area (Å²) >= 11 is 0. The lowest BCUT2D eigenvalue weighted by Gasteiger charge is -2.07. The molecule has 92 valence electrons. The molecule has 0 radical (unpaired) electrons. The van der Waals surface area contributed by atoms with Gasteiger partial charge in [0.1, 0.15) is 11.5 Å². The van der Waals surface area contributed by atoms with Crippen molar-refractivity contribution in [2.75, 3.05) is 7.05 Å². The van der Waals surface area contributed by atoms with Gasteiger partial charge in [-0.05, 0) is 23.8 Å². The van der Waals surface area contributed by atoms with Crippen molar-refractivity contribution in [1.82, 2.24) is 5.32 Å². The van der Waals surface area contributed by atoms with Gasteiger partial charge in [0.25, 0.3) is 0 Å². The minimum absolute atomic E-state index is 0.189. The third-order valence-electron chi connectivity index (χ3n) is 2.46. The zero-order chi connectivity index (χ0) is 13.0. The van der Waals surface area contributed by atoms with Crippen LogP contribution in [0.4, 0.5) is 4.79 Å². The Balaban J connectivity index is 2.33. The van der Waals surface area contributed by atoms with Crippen LogP contribution in [0.1, 0.15) is 0 Å². The predicted molar refractivity (Wildman–Crippen MR) is 68.6 cm³/mol. The quantitative estimate of drug-likeness (QED) is 0.852. The Kier molecular flexibility index (Phi) is 3.48. The summed E-state index contributed by atoms with van der Waals surface area (Å²) in [4.78, 5) is 11.1. The number of hydrogen-bond acceptors (Lipinski definition) is 3. The lowest BCUT2D eigenvalue weighted by Crippen LogP contribution is -2.21. The summed E-state index contributed by atoms with van der Waals surface area (Å²) in [5, 5.41) is 12.1. The average Bonchev–Trinajstić information content (AvgIpc) is 2.39. The van der Waals surface area contributed by atoms with Gasteiger partial charge in [0.2, 0.25) is 0 Å². The molecule has 0 aliphatic heterocycles. The molecule has 2 N–H and O–H groups in total. The summed E-state index contributed by atoms with van der Waals surface area (Å²) in [7, 11) is 1.50. The first-order valence-electron chi connectivity index (χ1n) is 5.48. The molecule has 0 atom stereocenters. The van der Waals surface area contributed by atoms with Crippen LogP contribution in [0.25, 0.3) is 11.1 Å². The van der Waals surface area contributed by atoms with E-state index in [2.05, 4.69) is 5.32 Å². The Morgan fingerprint density at radius 2 is 1.94 bits per heavy atom. The van der Waals surface area contributed by atoms with E-state index in [-0.39, 0.29) is 5.75 Å². The Morgan fingerprint density at radius 1 is 1.17 bits per heavy atom. The highest BCUT2D eigenvalue weighted by Gasteiger charge is 2.06. The van der Waals surface area contributed by atoms with Crippen molar-refractivity contribution in [1.29, 1.82) is 0 Å². The molecular formula is C14H13NO3. The molecule has 0 unspecified atom stereocenters. The number of nitrogens with one attached hydrogen (secondary N) is 1. The largest absolute Gasteiger partial charge is 0.507 e. The first kappa shape index (κ1) is 12.0. The Bertz CT molecular complexity index is 566. The molecule has 1 amide bonds. The van der Waals surface area contributed by atoms with Crippen molar-refractivity contribution in [3.05, 3.63) is 48.5 Å². The van der Waals surface area contributed by atoms with E-state index >= 15 is 0 Å². The molecule has 0 heterocycles.